The number of fused-ring (bicyclic) bond motifs is 2. The number of benzene rings is 4. The van der Waals surface area contributed by atoms with Crippen molar-refractivity contribution >= 4 is 46.1 Å². The van der Waals surface area contributed by atoms with Crippen LogP contribution in [0, 0.1) is 0 Å². The Morgan fingerprint density at radius 2 is 1.74 bits per heavy atom. The second-order valence-corrected chi connectivity index (χ2v) is 11.7. The Kier molecular flexibility index (Phi) is 8.63. The first-order valence-corrected chi connectivity index (χ1v) is 14.8. The first kappa shape index (κ1) is 30.3. The lowest BCUT2D eigenvalue weighted by Gasteiger charge is -2.23. The molecule has 1 aliphatic heterocycles. The molecule has 0 fully saturated rings. The van der Waals surface area contributed by atoms with Crippen LogP contribution < -0.4 is 24.8 Å². The lowest BCUT2D eigenvalue weighted by atomic mass is 9.96. The molecule has 10 nitrogen and oxygen atoms in total. The smallest absolute Gasteiger partial charge is 0.307 e. The summed E-state index contributed by atoms with van der Waals surface area (Å²) in [6, 6.07) is 28.0. The van der Waals surface area contributed by atoms with E-state index >= 15 is 0 Å². The molecular weight excluding hydrogens is 586 g/mol. The van der Waals surface area contributed by atoms with Crippen LogP contribution in [-0.2, 0) is 14.3 Å². The van der Waals surface area contributed by atoms with Crippen LogP contribution in [0.3, 0.4) is 0 Å². The number of anilines is 3. The Balaban J connectivity index is 1.15. The molecule has 0 saturated heterocycles. The van der Waals surface area contributed by atoms with Crippen molar-refractivity contribution in [1.29, 1.82) is 0 Å². The Hall–Kier alpha value is -5.73. The number of hydrogen-bond donors (Lipinski definition) is 2. The summed E-state index contributed by atoms with van der Waals surface area (Å²) < 4.78 is 28.7. The van der Waals surface area contributed by atoms with Gasteiger partial charge in [-0.1, -0.05) is 30.3 Å². The molecule has 0 radical (unpaired) electrons. The van der Waals surface area contributed by atoms with E-state index in [2.05, 4.69) is 15.6 Å². The molecule has 46 heavy (non-hydrogen) atoms. The van der Waals surface area contributed by atoms with E-state index in [0.29, 0.717) is 45.6 Å². The maximum atomic E-state index is 12.8. The summed E-state index contributed by atoms with van der Waals surface area (Å²) in [5, 5.41) is 6.27. The van der Waals surface area contributed by atoms with Crippen LogP contribution in [0.5, 0.6) is 17.2 Å². The number of rotatable bonds is 11. The zero-order valence-electron chi connectivity index (χ0n) is 25.7. The molecular formula is C36H33N3O7. The highest BCUT2D eigenvalue weighted by molar-refractivity contribution is 5.96. The van der Waals surface area contributed by atoms with Gasteiger partial charge in [-0.15, -0.1) is 0 Å². The molecule has 0 aliphatic carbocycles. The lowest BCUT2D eigenvalue weighted by Crippen LogP contribution is -2.26. The van der Waals surface area contributed by atoms with Crippen molar-refractivity contribution < 1.29 is 33.0 Å². The summed E-state index contributed by atoms with van der Waals surface area (Å²) in [4.78, 5) is 29.3. The normalized spacial score (nSPS) is 12.7. The van der Waals surface area contributed by atoms with Crippen LogP contribution in [0.4, 0.5) is 17.4 Å². The van der Waals surface area contributed by atoms with Crippen molar-refractivity contribution in [3.8, 4) is 17.2 Å². The van der Waals surface area contributed by atoms with E-state index in [9.17, 15) is 9.59 Å². The summed E-state index contributed by atoms with van der Waals surface area (Å²) in [6.45, 7) is 5.85. The molecule has 1 aliphatic rings. The van der Waals surface area contributed by atoms with Crippen LogP contribution in [0.1, 0.15) is 44.2 Å². The summed E-state index contributed by atoms with van der Waals surface area (Å²) in [5.74, 6) is 3.17. The maximum Gasteiger partial charge on any atom is 0.307 e. The van der Waals surface area contributed by atoms with E-state index in [-0.39, 0.29) is 37.4 Å². The number of carbonyl (C=O) groups is 1. The molecule has 0 saturated carbocycles. The second kappa shape index (κ2) is 13.1. The van der Waals surface area contributed by atoms with Crippen molar-refractivity contribution in [2.24, 2.45) is 0 Å². The number of nitrogens with one attached hydrogen (secondary N) is 2. The van der Waals surface area contributed by atoms with Crippen LogP contribution in [0.2, 0.25) is 0 Å². The van der Waals surface area contributed by atoms with Gasteiger partial charge in [0.05, 0.1) is 13.0 Å². The van der Waals surface area contributed by atoms with Gasteiger partial charge >= 0.3 is 5.97 Å². The molecule has 0 amide bonds. The van der Waals surface area contributed by atoms with Crippen molar-refractivity contribution in [3.05, 3.63) is 102 Å². The van der Waals surface area contributed by atoms with E-state index in [0.717, 1.165) is 11.3 Å². The Morgan fingerprint density at radius 1 is 0.935 bits per heavy atom. The third kappa shape index (κ3) is 7.49. The number of nitrogens with zero attached hydrogens (tertiary/aromatic N) is 1. The molecule has 10 heteroatoms. The number of esters is 1. The highest BCUT2D eigenvalue weighted by Crippen LogP contribution is 2.36. The average Bonchev–Trinajstić information content (AvgIpc) is 3.67. The van der Waals surface area contributed by atoms with Crippen molar-refractivity contribution in [1.82, 2.24) is 4.98 Å². The molecule has 1 atom stereocenters. The molecule has 6 rings (SSSR count). The fraction of sp³-hybridized carbons (Fsp3) is 0.222. The van der Waals surface area contributed by atoms with Crippen LogP contribution >= 0.6 is 0 Å². The first-order chi connectivity index (χ1) is 22.2. The number of para-hydroxylation sites is 1. The SMILES string of the molecule is CC(C)(C)OC(=O)CC(COc1cccc(NC(=C=O)c2ccc3nc(Nc4ccccc4)oc3c2)c1)c1ccc2c(c1)OCO2. The highest BCUT2D eigenvalue weighted by atomic mass is 16.7. The quantitative estimate of drug-likeness (QED) is 0.114. The number of hydrogen-bond acceptors (Lipinski definition) is 10. The fourth-order valence-corrected chi connectivity index (χ4v) is 4.96. The third-order valence-corrected chi connectivity index (χ3v) is 7.06. The minimum atomic E-state index is -0.611. The van der Waals surface area contributed by atoms with Gasteiger partial charge in [0.15, 0.2) is 23.0 Å². The van der Waals surface area contributed by atoms with E-state index in [1.165, 1.54) is 0 Å². The van der Waals surface area contributed by atoms with Gasteiger partial charge in [-0.25, -0.2) is 4.79 Å². The lowest BCUT2D eigenvalue weighted by molar-refractivity contribution is -0.155. The van der Waals surface area contributed by atoms with Crippen LogP contribution in [-0.4, -0.2) is 35.9 Å². The summed E-state index contributed by atoms with van der Waals surface area (Å²) in [5.41, 5.74) is 3.67. The Morgan fingerprint density at radius 3 is 2.54 bits per heavy atom. The van der Waals surface area contributed by atoms with Gasteiger partial charge in [0.1, 0.15) is 22.6 Å². The van der Waals surface area contributed by atoms with Gasteiger partial charge in [-0.05, 0) is 80.9 Å². The monoisotopic (exact) mass is 619 g/mol. The van der Waals surface area contributed by atoms with E-state index < -0.39 is 5.60 Å². The predicted octanol–water partition coefficient (Wildman–Crippen LogP) is 7.48. The average molecular weight is 620 g/mol. The predicted molar refractivity (Wildman–Crippen MR) is 174 cm³/mol. The molecule has 234 valence electrons. The Bertz CT molecular complexity index is 1910. The fourth-order valence-electron chi connectivity index (χ4n) is 4.96. The van der Waals surface area contributed by atoms with E-state index in [1.54, 1.807) is 24.3 Å². The molecule has 0 bridgehead atoms. The summed E-state index contributed by atoms with van der Waals surface area (Å²) >= 11 is 0. The standard InChI is InChI=1S/C36H33N3O7/c1-36(2,3)46-34(41)18-25(23-13-15-31-33(16-23)44-22-43-31)21-42-28-11-7-10-27(19-28)37-30(20-40)24-12-14-29-32(17-24)45-35(39-29)38-26-8-5-4-6-9-26/h4-17,19,25,37H,18,21-22H2,1-3H3,(H,38,39). The molecule has 2 heterocycles. The maximum absolute atomic E-state index is 12.8. The van der Waals surface area contributed by atoms with Crippen molar-refractivity contribution in [2.75, 3.05) is 24.0 Å². The van der Waals surface area contributed by atoms with Gasteiger partial charge in [-0.2, -0.15) is 4.98 Å². The molecule has 1 unspecified atom stereocenters. The largest absolute Gasteiger partial charge is 0.493 e. The van der Waals surface area contributed by atoms with Gasteiger partial charge in [-0.3, -0.25) is 4.79 Å². The number of carbonyl (C=O) groups excluding carboxylic acids is 2. The molecule has 2 N–H and O–H groups in total. The summed E-state index contributed by atoms with van der Waals surface area (Å²) in [6.07, 6.45) is 0.111. The van der Waals surface area contributed by atoms with E-state index in [4.69, 9.17) is 23.4 Å². The molecule has 0 spiro atoms. The molecule has 5 aromatic rings. The van der Waals surface area contributed by atoms with Gasteiger partial charge in [0.25, 0.3) is 6.01 Å². The van der Waals surface area contributed by atoms with Crippen molar-refractivity contribution in [2.45, 2.75) is 38.7 Å². The number of ether oxygens (including phenoxy) is 4. The molecule has 1 aromatic heterocycles. The topological polar surface area (TPSA) is 121 Å². The van der Waals surface area contributed by atoms with E-state index in [1.807, 2.05) is 93.4 Å². The minimum absolute atomic E-state index is 0.111. The highest BCUT2D eigenvalue weighted by Gasteiger charge is 2.25. The van der Waals surface area contributed by atoms with Gasteiger partial charge < -0.3 is 34.0 Å². The molecule has 4 aromatic carbocycles. The van der Waals surface area contributed by atoms with Gasteiger partial charge in [0, 0.05) is 28.9 Å². The summed E-state index contributed by atoms with van der Waals surface area (Å²) in [7, 11) is 0. The van der Waals surface area contributed by atoms with Crippen LogP contribution in [0.25, 0.3) is 16.8 Å². The minimum Gasteiger partial charge on any atom is -0.493 e. The van der Waals surface area contributed by atoms with Crippen molar-refractivity contribution in [3.63, 3.8) is 0 Å². The Labute approximate surface area is 265 Å². The second-order valence-electron chi connectivity index (χ2n) is 11.7. The van der Waals surface area contributed by atoms with Crippen LogP contribution in [0.15, 0.2) is 95.4 Å². The number of oxazole rings is 1. The first-order valence-electron chi connectivity index (χ1n) is 14.8. The third-order valence-electron chi connectivity index (χ3n) is 7.06. The van der Waals surface area contributed by atoms with Gasteiger partial charge in [0.2, 0.25) is 6.79 Å². The number of aromatic nitrogens is 1. The zero-order chi connectivity index (χ0) is 32.1. The zero-order valence-corrected chi connectivity index (χ0v) is 25.7.